The number of rotatable bonds is 9. The molecule has 0 aliphatic heterocycles. The molecule has 0 aliphatic rings. The first-order chi connectivity index (χ1) is 17.7. The fourth-order valence-corrected chi connectivity index (χ4v) is 5.90. The molecule has 0 amide bonds. The third-order valence-corrected chi connectivity index (χ3v) is 8.72. The molecule has 0 aliphatic carbocycles. The first kappa shape index (κ1) is 30.1. The maximum atomic E-state index is 12.3. The minimum atomic E-state index is -5.15. The molecule has 0 unspecified atom stereocenters. The van der Waals surface area contributed by atoms with Crippen LogP contribution in [0.5, 0.6) is 11.5 Å². The molecule has 39 heavy (non-hydrogen) atoms. The maximum Gasteiger partial charge on any atom is 0.397 e. The summed E-state index contributed by atoms with van der Waals surface area (Å²) in [5.74, 6) is -2.71. The van der Waals surface area contributed by atoms with Crippen molar-refractivity contribution in [3.8, 4) is 11.5 Å². The predicted molar refractivity (Wildman–Crippen MR) is 131 cm³/mol. The Bertz CT molecular complexity index is 1950. The van der Waals surface area contributed by atoms with Crippen LogP contribution in [0.15, 0.2) is 61.3 Å². The average molecular weight is 628 g/mol. The quantitative estimate of drug-likeness (QED) is 0.111. The van der Waals surface area contributed by atoms with Gasteiger partial charge in [0, 0.05) is 17.1 Å². The molecule has 0 heterocycles. The van der Waals surface area contributed by atoms with E-state index < -0.39 is 96.1 Å². The molecule has 0 saturated carbocycles. The van der Waals surface area contributed by atoms with E-state index in [1.807, 2.05) is 0 Å². The minimum Gasteiger partial charge on any atom is -0.506 e. The third-order valence-electron chi connectivity index (χ3n) is 4.88. The van der Waals surface area contributed by atoms with Crippen LogP contribution in [-0.4, -0.2) is 69.9 Å². The van der Waals surface area contributed by atoms with Crippen LogP contribution >= 0.6 is 0 Å². The van der Waals surface area contributed by atoms with E-state index in [4.69, 9.17) is 10.3 Å². The number of nitrogen functional groups attached to an aromatic ring is 1. The molecule has 0 spiro atoms. The summed E-state index contributed by atoms with van der Waals surface area (Å²) in [5.41, 5.74) is 3.97. The lowest BCUT2D eigenvalue weighted by atomic mass is 10.1. The second-order valence-corrected chi connectivity index (χ2v) is 13.6. The van der Waals surface area contributed by atoms with Crippen LogP contribution in [0.25, 0.3) is 10.8 Å². The van der Waals surface area contributed by atoms with Gasteiger partial charge in [-0.1, -0.05) is 0 Å². The Morgan fingerprint density at radius 2 is 1.44 bits per heavy atom. The molecule has 3 aromatic carbocycles. The molecule has 17 nitrogen and oxygen atoms in total. The lowest BCUT2D eigenvalue weighted by Crippen LogP contribution is -2.15. The number of hydrogen-bond acceptors (Lipinski definition) is 14. The summed E-state index contributed by atoms with van der Waals surface area (Å²) < 4.78 is 124. The van der Waals surface area contributed by atoms with Gasteiger partial charge in [-0.2, -0.15) is 25.3 Å². The van der Waals surface area contributed by atoms with Gasteiger partial charge >= 0.3 is 10.4 Å². The zero-order chi connectivity index (χ0) is 29.6. The summed E-state index contributed by atoms with van der Waals surface area (Å²) in [4.78, 5) is -2.33. The predicted octanol–water partition coefficient (Wildman–Crippen LogP) is 1.34. The average Bonchev–Trinajstić information content (AvgIpc) is 2.76. The molecule has 7 N–H and O–H groups in total. The van der Waals surface area contributed by atoms with Crippen LogP contribution in [0.3, 0.4) is 0 Å². The fourth-order valence-electron chi connectivity index (χ4n) is 3.19. The first-order valence-electron chi connectivity index (χ1n) is 9.84. The Kier molecular flexibility index (Phi) is 7.93. The van der Waals surface area contributed by atoms with Crippen molar-refractivity contribution < 1.29 is 61.7 Å². The van der Waals surface area contributed by atoms with Gasteiger partial charge in [0.05, 0.1) is 22.2 Å². The SMILES string of the molecule is Nc1cc(S(=O)(=O)O)cc2cc(S(=O)(=O)O)c(N=Nc3ccc(S(=O)(=O)CCOS(=O)(=O)O)cc3O)c(O)c12. The number of hydrogen-bond donors (Lipinski definition) is 6. The van der Waals surface area contributed by atoms with Crippen LogP contribution in [0.2, 0.25) is 0 Å². The first-order valence-corrected chi connectivity index (χ1v) is 15.7. The number of phenolic OH excluding ortho intramolecular Hbond substituents is 2. The molecule has 0 fully saturated rings. The number of fused-ring (bicyclic) bond motifs is 1. The highest BCUT2D eigenvalue weighted by molar-refractivity contribution is 7.91. The van der Waals surface area contributed by atoms with Gasteiger partial charge in [-0.05, 0) is 35.7 Å². The number of nitrogens with zero attached hydrogens (tertiary/aromatic N) is 2. The van der Waals surface area contributed by atoms with E-state index in [9.17, 15) is 53.0 Å². The minimum absolute atomic E-state index is 0.331. The summed E-state index contributed by atoms with van der Waals surface area (Å²) in [6.07, 6.45) is 0. The number of anilines is 1. The van der Waals surface area contributed by atoms with Gasteiger partial charge in [0.2, 0.25) is 0 Å². The van der Waals surface area contributed by atoms with E-state index in [2.05, 4.69) is 14.4 Å². The Balaban J connectivity index is 2.08. The highest BCUT2D eigenvalue weighted by Gasteiger charge is 2.25. The summed E-state index contributed by atoms with van der Waals surface area (Å²) >= 11 is 0. The molecule has 0 bridgehead atoms. The molecular formula is C18H17N3O14S4. The van der Waals surface area contributed by atoms with Crippen LogP contribution < -0.4 is 5.73 Å². The number of aromatic hydroxyl groups is 2. The molecule has 0 radical (unpaired) electrons. The van der Waals surface area contributed by atoms with Crippen LogP contribution in [0, 0.1) is 0 Å². The van der Waals surface area contributed by atoms with Crippen LogP contribution in [0.1, 0.15) is 0 Å². The van der Waals surface area contributed by atoms with Crippen LogP contribution in [0.4, 0.5) is 17.1 Å². The zero-order valence-electron chi connectivity index (χ0n) is 18.9. The smallest absolute Gasteiger partial charge is 0.397 e. The van der Waals surface area contributed by atoms with Crippen molar-refractivity contribution in [3.05, 3.63) is 36.4 Å². The molecule has 3 rings (SSSR count). The number of sulfone groups is 1. The summed E-state index contributed by atoms with van der Waals surface area (Å²) in [7, 11) is -19.1. The Labute approximate surface area is 220 Å². The Hall–Kier alpha value is -3.44. The lowest BCUT2D eigenvalue weighted by Gasteiger charge is -2.12. The molecule has 0 atom stereocenters. The topological polar surface area (TPSA) is 298 Å². The van der Waals surface area contributed by atoms with Gasteiger partial charge in [0.25, 0.3) is 20.2 Å². The van der Waals surface area contributed by atoms with E-state index in [1.165, 1.54) is 0 Å². The van der Waals surface area contributed by atoms with Crippen molar-refractivity contribution in [3.63, 3.8) is 0 Å². The second kappa shape index (κ2) is 10.3. The maximum absolute atomic E-state index is 12.3. The van der Waals surface area contributed by atoms with E-state index in [0.29, 0.717) is 12.1 Å². The second-order valence-electron chi connectivity index (χ2n) is 7.55. The van der Waals surface area contributed by atoms with Crippen LogP contribution in [-0.2, 0) is 44.7 Å². The zero-order valence-corrected chi connectivity index (χ0v) is 22.2. The van der Waals surface area contributed by atoms with Gasteiger partial charge < -0.3 is 15.9 Å². The normalized spacial score (nSPS) is 13.3. The number of nitrogens with two attached hydrogens (primary N) is 1. The van der Waals surface area contributed by atoms with Gasteiger partial charge in [-0.3, -0.25) is 13.7 Å². The summed E-state index contributed by atoms with van der Waals surface area (Å²) in [5, 5.41) is 27.3. The standard InChI is InChI=1S/C18H17N3O14S4/c19-12-7-11(37(26,27)28)5-9-6-15(38(29,30)31)17(18(23)16(9)12)21-20-13-2-1-10(8-14(13)22)36(24,25)4-3-35-39(32,33)34/h1-2,5-8,22-23H,3-4,19H2,(H,26,27,28)(H,29,30,31)(H,32,33,34). The van der Waals surface area contributed by atoms with Gasteiger partial charge in [-0.15, -0.1) is 10.2 Å². The molecular weight excluding hydrogens is 610 g/mol. The molecule has 3 aromatic rings. The number of azo groups is 1. The molecule has 212 valence electrons. The third kappa shape index (κ3) is 6.96. The molecule has 0 aromatic heterocycles. The van der Waals surface area contributed by atoms with Gasteiger partial charge in [0.1, 0.15) is 22.0 Å². The van der Waals surface area contributed by atoms with Gasteiger partial charge in [-0.25, -0.2) is 12.6 Å². The van der Waals surface area contributed by atoms with Crippen molar-refractivity contribution in [2.75, 3.05) is 18.1 Å². The highest BCUT2D eigenvalue weighted by atomic mass is 32.3. The van der Waals surface area contributed by atoms with Crippen molar-refractivity contribution in [2.24, 2.45) is 10.2 Å². The Morgan fingerprint density at radius 3 is 1.97 bits per heavy atom. The summed E-state index contributed by atoms with van der Waals surface area (Å²) in [6, 6.07) is 4.73. The summed E-state index contributed by atoms with van der Waals surface area (Å²) in [6.45, 7) is -0.933. The monoisotopic (exact) mass is 627 g/mol. The van der Waals surface area contributed by atoms with E-state index >= 15 is 0 Å². The Morgan fingerprint density at radius 1 is 0.795 bits per heavy atom. The number of benzene rings is 3. The van der Waals surface area contributed by atoms with E-state index in [1.54, 1.807) is 0 Å². The lowest BCUT2D eigenvalue weighted by molar-refractivity contribution is 0.284. The molecule has 0 saturated heterocycles. The largest absolute Gasteiger partial charge is 0.506 e. The van der Waals surface area contributed by atoms with Gasteiger partial charge in [0.15, 0.2) is 15.6 Å². The fraction of sp³-hybridized carbons (Fsp3) is 0.111. The van der Waals surface area contributed by atoms with Crippen molar-refractivity contribution in [1.29, 1.82) is 0 Å². The highest BCUT2D eigenvalue weighted by Crippen LogP contribution is 2.44. The molecule has 21 heteroatoms. The van der Waals surface area contributed by atoms with Crippen molar-refractivity contribution in [2.45, 2.75) is 14.7 Å². The van der Waals surface area contributed by atoms with Crippen molar-refractivity contribution >= 4 is 68.3 Å². The van der Waals surface area contributed by atoms with E-state index in [0.717, 1.165) is 24.3 Å². The van der Waals surface area contributed by atoms with Crippen molar-refractivity contribution in [1.82, 2.24) is 0 Å². The van der Waals surface area contributed by atoms with E-state index in [-0.39, 0.29) is 10.8 Å². The number of phenols is 2.